The zero-order valence-corrected chi connectivity index (χ0v) is 12.3. The molecule has 0 aliphatic rings. The van der Waals surface area contributed by atoms with Gasteiger partial charge in [-0.2, -0.15) is 4.72 Å². The first kappa shape index (κ1) is 15.9. The minimum absolute atomic E-state index is 0.0987. The molecule has 0 fully saturated rings. The SMILES string of the molecule is COC(=O)[C@H](CCCl)NS(=O)(=O)c1ccc(C)cc1. The maximum absolute atomic E-state index is 12.1. The minimum atomic E-state index is -3.76. The van der Waals surface area contributed by atoms with Gasteiger partial charge in [-0.15, -0.1) is 11.6 Å². The topological polar surface area (TPSA) is 72.5 Å². The number of alkyl halides is 1. The van der Waals surface area contributed by atoms with E-state index in [-0.39, 0.29) is 17.2 Å². The predicted molar refractivity (Wildman–Crippen MR) is 72.6 cm³/mol. The van der Waals surface area contributed by atoms with Crippen LogP contribution in [-0.4, -0.2) is 33.4 Å². The van der Waals surface area contributed by atoms with Crippen molar-refractivity contribution in [2.24, 2.45) is 0 Å². The molecule has 1 aromatic rings. The van der Waals surface area contributed by atoms with Crippen molar-refractivity contribution in [2.75, 3.05) is 13.0 Å². The fraction of sp³-hybridized carbons (Fsp3) is 0.417. The Labute approximate surface area is 118 Å². The van der Waals surface area contributed by atoms with Crippen LogP contribution >= 0.6 is 11.6 Å². The number of carbonyl (C=O) groups is 1. The van der Waals surface area contributed by atoms with E-state index in [2.05, 4.69) is 9.46 Å². The van der Waals surface area contributed by atoms with E-state index in [4.69, 9.17) is 11.6 Å². The molecule has 7 heteroatoms. The lowest BCUT2D eigenvalue weighted by atomic mass is 10.2. The smallest absolute Gasteiger partial charge is 0.323 e. The normalized spacial score (nSPS) is 13.0. The molecule has 1 aromatic carbocycles. The molecule has 0 aromatic heterocycles. The molecular weight excluding hydrogens is 290 g/mol. The number of sulfonamides is 1. The largest absolute Gasteiger partial charge is 0.468 e. The zero-order chi connectivity index (χ0) is 14.5. The number of hydrogen-bond donors (Lipinski definition) is 1. The van der Waals surface area contributed by atoms with Crippen LogP contribution in [0.25, 0.3) is 0 Å². The van der Waals surface area contributed by atoms with Crippen LogP contribution in [0.1, 0.15) is 12.0 Å². The summed E-state index contributed by atoms with van der Waals surface area (Å²) in [6, 6.07) is 5.35. The number of esters is 1. The highest BCUT2D eigenvalue weighted by Crippen LogP contribution is 2.11. The Balaban J connectivity index is 2.93. The van der Waals surface area contributed by atoms with Gasteiger partial charge in [0, 0.05) is 5.88 Å². The molecule has 1 rings (SSSR count). The average molecular weight is 306 g/mol. The number of benzene rings is 1. The monoisotopic (exact) mass is 305 g/mol. The van der Waals surface area contributed by atoms with Gasteiger partial charge in [-0.3, -0.25) is 4.79 Å². The molecule has 0 saturated carbocycles. The van der Waals surface area contributed by atoms with Crippen LogP contribution in [0.4, 0.5) is 0 Å². The van der Waals surface area contributed by atoms with E-state index in [9.17, 15) is 13.2 Å². The molecule has 5 nitrogen and oxygen atoms in total. The highest BCUT2D eigenvalue weighted by Gasteiger charge is 2.25. The van der Waals surface area contributed by atoms with E-state index in [1.807, 2.05) is 6.92 Å². The van der Waals surface area contributed by atoms with Crippen molar-refractivity contribution in [3.05, 3.63) is 29.8 Å². The molecule has 0 unspecified atom stereocenters. The molecule has 0 aliphatic heterocycles. The zero-order valence-electron chi connectivity index (χ0n) is 10.7. The second-order valence-electron chi connectivity index (χ2n) is 3.99. The van der Waals surface area contributed by atoms with Crippen LogP contribution in [0.2, 0.25) is 0 Å². The second-order valence-corrected chi connectivity index (χ2v) is 6.08. The minimum Gasteiger partial charge on any atom is -0.468 e. The molecule has 0 radical (unpaired) electrons. The highest BCUT2D eigenvalue weighted by atomic mass is 35.5. The van der Waals surface area contributed by atoms with Gasteiger partial charge in [0.25, 0.3) is 0 Å². The van der Waals surface area contributed by atoms with Gasteiger partial charge < -0.3 is 4.74 Å². The number of hydrogen-bond acceptors (Lipinski definition) is 4. The molecule has 0 aliphatic carbocycles. The van der Waals surface area contributed by atoms with E-state index in [0.29, 0.717) is 0 Å². The third-order valence-electron chi connectivity index (χ3n) is 2.51. The van der Waals surface area contributed by atoms with Crippen LogP contribution in [0.5, 0.6) is 0 Å². The van der Waals surface area contributed by atoms with E-state index < -0.39 is 22.0 Å². The Hall–Kier alpha value is -1.11. The number of nitrogens with one attached hydrogen (secondary N) is 1. The lowest BCUT2D eigenvalue weighted by Gasteiger charge is -2.15. The summed E-state index contributed by atoms with van der Waals surface area (Å²) in [6.07, 6.45) is 0.166. The van der Waals surface area contributed by atoms with Gasteiger partial charge in [0.2, 0.25) is 10.0 Å². The summed E-state index contributed by atoms with van der Waals surface area (Å²) in [5.41, 5.74) is 0.948. The maximum Gasteiger partial charge on any atom is 0.323 e. The molecule has 0 bridgehead atoms. The third-order valence-corrected chi connectivity index (χ3v) is 4.22. The van der Waals surface area contributed by atoms with Crippen molar-refractivity contribution in [2.45, 2.75) is 24.3 Å². The number of rotatable bonds is 6. The van der Waals surface area contributed by atoms with Crippen molar-refractivity contribution < 1.29 is 17.9 Å². The van der Waals surface area contributed by atoms with Crippen molar-refractivity contribution in [3.8, 4) is 0 Å². The lowest BCUT2D eigenvalue weighted by Crippen LogP contribution is -2.41. The number of aryl methyl sites for hydroxylation is 1. The van der Waals surface area contributed by atoms with Gasteiger partial charge in [0.05, 0.1) is 12.0 Å². The summed E-state index contributed by atoms with van der Waals surface area (Å²) >= 11 is 5.55. The molecule has 1 N–H and O–H groups in total. The summed E-state index contributed by atoms with van der Waals surface area (Å²) in [5, 5.41) is 0. The summed E-state index contributed by atoms with van der Waals surface area (Å²) < 4.78 is 31.0. The quantitative estimate of drug-likeness (QED) is 0.637. The van der Waals surface area contributed by atoms with E-state index >= 15 is 0 Å². The highest BCUT2D eigenvalue weighted by molar-refractivity contribution is 7.89. The average Bonchev–Trinajstić information content (AvgIpc) is 2.37. The van der Waals surface area contributed by atoms with Gasteiger partial charge in [0.15, 0.2) is 0 Å². The molecule has 0 saturated heterocycles. The van der Waals surface area contributed by atoms with Gasteiger partial charge in [-0.05, 0) is 25.5 Å². The molecule has 0 amide bonds. The van der Waals surface area contributed by atoms with Gasteiger partial charge >= 0.3 is 5.97 Å². The first-order chi connectivity index (χ1) is 8.90. The van der Waals surface area contributed by atoms with Crippen LogP contribution < -0.4 is 4.72 Å². The third kappa shape index (κ3) is 4.49. The first-order valence-corrected chi connectivity index (χ1v) is 7.65. The fourth-order valence-corrected chi connectivity index (χ4v) is 2.89. The number of carbonyl (C=O) groups excluding carboxylic acids is 1. The molecule has 106 valence electrons. The Morgan fingerprint density at radius 1 is 1.37 bits per heavy atom. The van der Waals surface area contributed by atoms with Crippen LogP contribution in [0.3, 0.4) is 0 Å². The summed E-state index contributed by atoms with van der Waals surface area (Å²) in [7, 11) is -2.56. The van der Waals surface area contributed by atoms with Gasteiger partial charge in [-0.1, -0.05) is 17.7 Å². The molecule has 1 atom stereocenters. The van der Waals surface area contributed by atoms with Gasteiger partial charge in [-0.25, -0.2) is 8.42 Å². The molecule has 0 spiro atoms. The lowest BCUT2D eigenvalue weighted by molar-refractivity contribution is -0.142. The van der Waals surface area contributed by atoms with E-state index in [0.717, 1.165) is 5.56 Å². The molecule has 19 heavy (non-hydrogen) atoms. The Morgan fingerprint density at radius 3 is 2.42 bits per heavy atom. The van der Waals surface area contributed by atoms with E-state index in [1.165, 1.54) is 19.2 Å². The van der Waals surface area contributed by atoms with Crippen LogP contribution in [0.15, 0.2) is 29.2 Å². The first-order valence-electron chi connectivity index (χ1n) is 5.63. The molecule has 0 heterocycles. The van der Waals surface area contributed by atoms with Crippen LogP contribution in [-0.2, 0) is 19.6 Å². The van der Waals surface area contributed by atoms with Crippen molar-refractivity contribution in [1.82, 2.24) is 4.72 Å². The van der Waals surface area contributed by atoms with Crippen molar-refractivity contribution in [1.29, 1.82) is 0 Å². The number of halogens is 1. The van der Waals surface area contributed by atoms with Crippen molar-refractivity contribution in [3.63, 3.8) is 0 Å². The molecular formula is C12H16ClNO4S. The fourth-order valence-electron chi connectivity index (χ4n) is 1.45. The predicted octanol–water partition coefficient (Wildman–Crippen LogP) is 1.44. The van der Waals surface area contributed by atoms with E-state index in [1.54, 1.807) is 12.1 Å². The second kappa shape index (κ2) is 6.88. The summed E-state index contributed by atoms with van der Waals surface area (Å²) in [6.45, 7) is 1.86. The Bertz CT molecular complexity index is 527. The maximum atomic E-state index is 12.1. The Kier molecular flexibility index (Phi) is 5.78. The Morgan fingerprint density at radius 2 is 1.95 bits per heavy atom. The number of methoxy groups -OCH3 is 1. The van der Waals surface area contributed by atoms with Crippen LogP contribution in [0, 0.1) is 6.92 Å². The summed E-state index contributed by atoms with van der Waals surface area (Å²) in [5.74, 6) is -0.507. The van der Waals surface area contributed by atoms with Gasteiger partial charge in [0.1, 0.15) is 6.04 Å². The number of ether oxygens (including phenoxy) is 1. The summed E-state index contributed by atoms with van der Waals surface area (Å²) in [4.78, 5) is 11.6. The van der Waals surface area contributed by atoms with Crippen molar-refractivity contribution >= 4 is 27.6 Å². The standard InChI is InChI=1S/C12H16ClNO4S/c1-9-3-5-10(6-4-9)19(16,17)14-11(7-8-13)12(15)18-2/h3-6,11,14H,7-8H2,1-2H3/t11-/m0/s1.